The van der Waals surface area contributed by atoms with E-state index in [0.717, 1.165) is 49.4 Å². The zero-order valence-electron chi connectivity index (χ0n) is 25.2. The summed E-state index contributed by atoms with van der Waals surface area (Å²) in [5.74, 6) is 0. The monoisotopic (exact) mass is 616 g/mol. The molecule has 1 aromatic rings. The van der Waals surface area contributed by atoms with Crippen molar-refractivity contribution in [3.63, 3.8) is 0 Å². The second-order valence-electron chi connectivity index (χ2n) is 11.8. The van der Waals surface area contributed by atoms with Crippen molar-refractivity contribution in [2.45, 2.75) is 121 Å². The van der Waals surface area contributed by atoms with Crippen molar-refractivity contribution in [3.05, 3.63) is 33.1 Å². The summed E-state index contributed by atoms with van der Waals surface area (Å²) < 4.78 is 32.1. The first-order chi connectivity index (χ1) is 20.2. The lowest BCUT2D eigenvalue weighted by Gasteiger charge is -2.24. The van der Waals surface area contributed by atoms with Gasteiger partial charge >= 0.3 is 13.3 Å². The van der Waals surface area contributed by atoms with Gasteiger partial charge in [-0.15, -0.1) is 0 Å². The van der Waals surface area contributed by atoms with Crippen molar-refractivity contribution in [1.29, 1.82) is 0 Å². The van der Waals surface area contributed by atoms with Gasteiger partial charge in [-0.05, 0) is 19.4 Å². The van der Waals surface area contributed by atoms with Crippen LogP contribution in [0.3, 0.4) is 0 Å². The normalized spacial score (nSPS) is 26.1. The van der Waals surface area contributed by atoms with E-state index in [0.29, 0.717) is 13.2 Å². The standard InChI is InChI=1S/C29H53N4O8P/c1-2-3-4-5-6-7-8-9-10-11-12-13-19-39-42(38,20-18-32-16-14-23(30)21-32)40-22-24-26(35)27(36)28(41-24)33-17-15-25(34)31-29(33)37/h15,17,23-24,26-28,35-36H,2-14,16,18-22,30H2,1H3,(H,31,34,37)/t23?,24-,26-,27-,28-,42?/m1/s1. The number of rotatable bonds is 21. The Bertz CT molecular complexity index is 1070. The smallest absolute Gasteiger partial charge is 0.332 e. The highest BCUT2D eigenvalue weighted by Crippen LogP contribution is 2.49. The molecule has 42 heavy (non-hydrogen) atoms. The molecule has 0 radical (unpaired) electrons. The van der Waals surface area contributed by atoms with Gasteiger partial charge in [-0.1, -0.05) is 77.6 Å². The Hall–Kier alpha value is -1.37. The van der Waals surface area contributed by atoms with E-state index in [2.05, 4.69) is 16.8 Å². The largest absolute Gasteiger partial charge is 0.387 e. The van der Waals surface area contributed by atoms with Crippen LogP contribution in [-0.4, -0.2) is 88.0 Å². The van der Waals surface area contributed by atoms with Crippen molar-refractivity contribution in [3.8, 4) is 0 Å². The molecule has 13 heteroatoms. The molecule has 3 rings (SSSR count). The minimum Gasteiger partial charge on any atom is -0.387 e. The average molecular weight is 617 g/mol. The summed E-state index contributed by atoms with van der Waals surface area (Å²) in [5, 5.41) is 21.1. The molecule has 0 aliphatic carbocycles. The number of likely N-dealkylation sites (tertiary alicyclic amines) is 1. The van der Waals surface area contributed by atoms with Crippen LogP contribution in [-0.2, 0) is 18.3 Å². The summed E-state index contributed by atoms with van der Waals surface area (Å²) >= 11 is 0. The fraction of sp³-hybridized carbons (Fsp3) is 0.862. The number of hydrogen-bond donors (Lipinski definition) is 4. The zero-order valence-corrected chi connectivity index (χ0v) is 26.1. The zero-order chi connectivity index (χ0) is 30.4. The third kappa shape index (κ3) is 11.6. The van der Waals surface area contributed by atoms with E-state index in [1.807, 2.05) is 0 Å². The van der Waals surface area contributed by atoms with Crippen molar-refractivity contribution in [2.24, 2.45) is 5.73 Å². The lowest BCUT2D eigenvalue weighted by atomic mass is 10.1. The molecule has 12 nitrogen and oxygen atoms in total. The van der Waals surface area contributed by atoms with E-state index >= 15 is 0 Å². The number of aliphatic hydroxyl groups is 2. The van der Waals surface area contributed by atoms with Gasteiger partial charge in [0.2, 0.25) is 0 Å². The molecule has 0 bridgehead atoms. The molecule has 2 fully saturated rings. The Balaban J connectivity index is 1.43. The predicted molar refractivity (Wildman–Crippen MR) is 162 cm³/mol. The number of aliphatic hydroxyl groups excluding tert-OH is 2. The van der Waals surface area contributed by atoms with E-state index in [1.54, 1.807) is 0 Å². The molecule has 0 spiro atoms. The Morgan fingerprint density at radius 2 is 1.64 bits per heavy atom. The van der Waals surface area contributed by atoms with Gasteiger partial charge in [0.05, 0.1) is 19.4 Å². The maximum absolute atomic E-state index is 13.7. The minimum absolute atomic E-state index is 0.101. The van der Waals surface area contributed by atoms with Gasteiger partial charge in [0, 0.05) is 31.4 Å². The van der Waals surface area contributed by atoms with Crippen molar-refractivity contribution < 1.29 is 28.6 Å². The molecule has 0 saturated carbocycles. The molecule has 6 atom stereocenters. The number of hydrogen-bond acceptors (Lipinski definition) is 10. The summed E-state index contributed by atoms with van der Waals surface area (Å²) in [6.07, 6.45) is 11.7. The topological polar surface area (TPSA) is 169 Å². The summed E-state index contributed by atoms with van der Waals surface area (Å²) in [6, 6.07) is 1.22. The number of aromatic nitrogens is 2. The SMILES string of the molecule is CCCCCCCCCCCCCCOP(=O)(CCN1CCC(N)C1)OC[C@H]1O[C@@H](n2ccc(=O)[nH]c2=O)[C@H](O)[C@@H]1O. The highest BCUT2D eigenvalue weighted by Gasteiger charge is 2.45. The van der Waals surface area contributed by atoms with Crippen LogP contribution < -0.4 is 17.0 Å². The van der Waals surface area contributed by atoms with Crippen LogP contribution in [0.1, 0.15) is 96.6 Å². The third-order valence-electron chi connectivity index (χ3n) is 8.18. The van der Waals surface area contributed by atoms with E-state index in [9.17, 15) is 24.4 Å². The Morgan fingerprint density at radius 3 is 2.24 bits per heavy atom. The maximum Gasteiger partial charge on any atom is 0.332 e. The fourth-order valence-corrected chi connectivity index (χ4v) is 7.20. The summed E-state index contributed by atoms with van der Waals surface area (Å²) in [7, 11) is -3.55. The minimum atomic E-state index is -3.55. The number of nitrogens with zero attached hydrogens (tertiary/aromatic N) is 2. The van der Waals surface area contributed by atoms with Crippen molar-refractivity contribution in [2.75, 3.05) is 39.0 Å². The number of aromatic amines is 1. The molecule has 2 aliphatic rings. The number of H-pyrrole nitrogens is 1. The van der Waals surface area contributed by atoms with E-state index < -0.39 is 43.4 Å². The van der Waals surface area contributed by atoms with Crippen LogP contribution >= 0.6 is 7.60 Å². The van der Waals surface area contributed by atoms with Gasteiger partial charge in [-0.3, -0.25) is 18.9 Å². The second-order valence-corrected chi connectivity index (χ2v) is 14.0. The van der Waals surface area contributed by atoms with Gasteiger partial charge < -0.3 is 34.6 Å². The highest BCUT2D eigenvalue weighted by molar-refractivity contribution is 7.53. The molecule has 242 valence electrons. The lowest BCUT2D eigenvalue weighted by molar-refractivity contribution is -0.0531. The Morgan fingerprint density at radius 1 is 1.00 bits per heavy atom. The van der Waals surface area contributed by atoms with E-state index in [1.165, 1.54) is 64.0 Å². The summed E-state index contributed by atoms with van der Waals surface area (Å²) in [4.78, 5) is 27.8. The molecule has 5 N–H and O–H groups in total. The predicted octanol–water partition coefficient (Wildman–Crippen LogP) is 3.12. The van der Waals surface area contributed by atoms with E-state index in [4.69, 9.17) is 19.5 Å². The van der Waals surface area contributed by atoms with Crippen LogP contribution in [0.25, 0.3) is 0 Å². The molecular formula is C29H53N4O8P. The Kier molecular flexibility index (Phi) is 15.4. The first-order valence-corrected chi connectivity index (χ1v) is 17.6. The van der Waals surface area contributed by atoms with Gasteiger partial charge in [0.15, 0.2) is 6.23 Å². The Labute approximate surface area is 249 Å². The molecule has 0 aromatic carbocycles. The fourth-order valence-electron chi connectivity index (χ4n) is 5.55. The molecule has 2 aliphatic heterocycles. The average Bonchev–Trinajstić information content (AvgIpc) is 3.51. The molecule has 1 aromatic heterocycles. The van der Waals surface area contributed by atoms with Crippen LogP contribution in [0.4, 0.5) is 0 Å². The van der Waals surface area contributed by atoms with Crippen LogP contribution in [0, 0.1) is 0 Å². The summed E-state index contributed by atoms with van der Waals surface area (Å²) in [5.41, 5.74) is 4.65. The van der Waals surface area contributed by atoms with Crippen molar-refractivity contribution >= 4 is 7.60 Å². The van der Waals surface area contributed by atoms with Gasteiger partial charge in [0.1, 0.15) is 18.3 Å². The second kappa shape index (κ2) is 18.4. The lowest BCUT2D eigenvalue weighted by Crippen LogP contribution is -2.37. The highest BCUT2D eigenvalue weighted by atomic mass is 31.2. The number of nitrogens with two attached hydrogens (primary N) is 1. The van der Waals surface area contributed by atoms with Crippen molar-refractivity contribution in [1.82, 2.24) is 14.5 Å². The molecule has 3 heterocycles. The number of unbranched alkanes of at least 4 members (excludes halogenated alkanes) is 11. The van der Waals surface area contributed by atoms with Crippen LogP contribution in [0.15, 0.2) is 21.9 Å². The molecule has 2 saturated heterocycles. The quantitative estimate of drug-likeness (QED) is 0.119. The number of nitrogens with one attached hydrogen (secondary N) is 1. The first-order valence-electron chi connectivity index (χ1n) is 15.9. The molecular weight excluding hydrogens is 563 g/mol. The van der Waals surface area contributed by atoms with Gasteiger partial charge in [-0.25, -0.2) is 4.79 Å². The maximum atomic E-state index is 13.7. The van der Waals surface area contributed by atoms with Crippen LogP contribution in [0.5, 0.6) is 0 Å². The van der Waals surface area contributed by atoms with Gasteiger partial charge in [-0.2, -0.15) is 0 Å². The molecule has 0 amide bonds. The molecule has 2 unspecified atom stereocenters. The van der Waals surface area contributed by atoms with E-state index in [-0.39, 0.29) is 18.8 Å². The van der Waals surface area contributed by atoms with Crippen LogP contribution in [0.2, 0.25) is 0 Å². The number of ether oxygens (including phenoxy) is 1. The first kappa shape index (κ1) is 35.1. The summed E-state index contributed by atoms with van der Waals surface area (Å²) in [6.45, 7) is 4.32. The third-order valence-corrected chi connectivity index (χ3v) is 10.0. The van der Waals surface area contributed by atoms with Gasteiger partial charge in [0.25, 0.3) is 5.56 Å².